The Labute approximate surface area is 206 Å². The molecule has 0 amide bonds. The van der Waals surface area contributed by atoms with Crippen LogP contribution in [0.1, 0.15) is 65.6 Å². The summed E-state index contributed by atoms with van der Waals surface area (Å²) in [6.45, 7) is 5.90. The van der Waals surface area contributed by atoms with Gasteiger partial charge in [-0.3, -0.25) is 9.59 Å². The van der Waals surface area contributed by atoms with Crippen molar-refractivity contribution in [3.8, 4) is 5.75 Å². The molecule has 2 aromatic rings. The molecule has 2 aromatic carbocycles. The molecule has 1 N–H and O–H groups in total. The maximum Gasteiger partial charge on any atom is 0.318 e. The lowest BCUT2D eigenvalue weighted by molar-refractivity contribution is -0.136. The molecule has 2 aliphatic rings. The second-order valence-electron chi connectivity index (χ2n) is 9.35. The van der Waals surface area contributed by atoms with Crippen LogP contribution in [-0.2, 0) is 25.6 Å². The number of Topliss-reactive ketones (excluding diaryl/α,β-unsaturated/α-hetero) is 1. The number of esters is 1. The van der Waals surface area contributed by atoms with E-state index in [0.29, 0.717) is 37.5 Å². The Hall–Kier alpha value is -2.59. The molecular weight excluding hydrogens is 468 g/mol. The topological polar surface area (TPSA) is 102 Å². The highest BCUT2D eigenvalue weighted by atomic mass is 32.2. The molecule has 4 rings (SSSR count). The van der Waals surface area contributed by atoms with Crippen LogP contribution in [0.3, 0.4) is 0 Å². The van der Waals surface area contributed by atoms with Gasteiger partial charge in [-0.15, -0.1) is 0 Å². The number of hydrogen-bond donors (Lipinski definition) is 1. The number of fused-ring (bicyclic) bond motifs is 1. The second-order valence-corrected chi connectivity index (χ2v) is 10.9. The predicted molar refractivity (Wildman–Crippen MR) is 132 cm³/mol. The lowest BCUT2D eigenvalue weighted by atomic mass is 9.83. The van der Waals surface area contributed by atoms with Gasteiger partial charge in [0.25, 0.3) is 10.1 Å². The molecule has 0 saturated carbocycles. The first-order valence-electron chi connectivity index (χ1n) is 12.1. The van der Waals surface area contributed by atoms with Gasteiger partial charge in [0.1, 0.15) is 11.5 Å². The van der Waals surface area contributed by atoms with Crippen molar-refractivity contribution >= 4 is 21.9 Å². The third kappa shape index (κ3) is 6.35. The van der Waals surface area contributed by atoms with Crippen LogP contribution in [0.4, 0.5) is 0 Å². The smallest absolute Gasteiger partial charge is 0.318 e. The van der Waals surface area contributed by atoms with Crippen LogP contribution in [-0.4, -0.2) is 57.2 Å². The third-order valence-electron chi connectivity index (χ3n) is 6.42. The lowest BCUT2D eigenvalue weighted by Gasteiger charge is -2.25. The van der Waals surface area contributed by atoms with Gasteiger partial charge in [0, 0.05) is 31.7 Å². The highest BCUT2D eigenvalue weighted by molar-refractivity contribution is 7.87. The lowest BCUT2D eigenvalue weighted by Crippen LogP contribution is -2.44. The van der Waals surface area contributed by atoms with E-state index in [2.05, 4.69) is 5.32 Å². The Bertz CT molecular complexity index is 1190. The molecule has 8 nitrogen and oxygen atoms in total. The Morgan fingerprint density at radius 2 is 1.86 bits per heavy atom. The first-order chi connectivity index (χ1) is 16.7. The van der Waals surface area contributed by atoms with Crippen LogP contribution in [0.15, 0.2) is 42.5 Å². The monoisotopic (exact) mass is 500 g/mol. The number of nitrogens with zero attached hydrogens (tertiary/aromatic N) is 1. The molecule has 35 heavy (non-hydrogen) atoms. The van der Waals surface area contributed by atoms with Crippen LogP contribution in [0.2, 0.25) is 0 Å². The Morgan fingerprint density at radius 3 is 2.60 bits per heavy atom. The second kappa shape index (κ2) is 11.0. The predicted octanol–water partition coefficient (Wildman–Crippen LogP) is 3.18. The number of carbonyl (C=O) groups is 2. The van der Waals surface area contributed by atoms with Crippen LogP contribution in [0, 0.1) is 0 Å². The summed E-state index contributed by atoms with van der Waals surface area (Å²) in [5.74, 6) is -1.69. The first kappa shape index (κ1) is 25.5. The summed E-state index contributed by atoms with van der Waals surface area (Å²) < 4.78 is 35.8. The normalized spacial score (nSPS) is 18.8. The third-order valence-corrected chi connectivity index (χ3v) is 7.47. The molecule has 1 aliphatic carbocycles. The van der Waals surface area contributed by atoms with Crippen LogP contribution < -0.4 is 10.1 Å². The minimum absolute atomic E-state index is 0.0835. The number of hydrogen-bond acceptors (Lipinski definition) is 8. The largest absolute Gasteiger partial charge is 0.426 e. The zero-order valence-electron chi connectivity index (χ0n) is 20.2. The molecule has 1 atom stereocenters. The van der Waals surface area contributed by atoms with Crippen molar-refractivity contribution in [3.63, 3.8) is 0 Å². The van der Waals surface area contributed by atoms with Gasteiger partial charge in [-0.25, -0.2) is 0 Å². The summed E-state index contributed by atoms with van der Waals surface area (Å²) in [6, 6.07) is 12.7. The van der Waals surface area contributed by atoms with E-state index in [-0.39, 0.29) is 23.4 Å². The van der Waals surface area contributed by atoms with E-state index < -0.39 is 21.7 Å². The molecular formula is C26H32N2O6S. The van der Waals surface area contributed by atoms with Gasteiger partial charge in [0.15, 0.2) is 5.78 Å². The summed E-state index contributed by atoms with van der Waals surface area (Å²) in [7, 11) is -4.08. The van der Waals surface area contributed by atoms with Gasteiger partial charge in [-0.1, -0.05) is 38.1 Å². The Morgan fingerprint density at radius 1 is 1.11 bits per heavy atom. The molecule has 0 spiro atoms. The van der Waals surface area contributed by atoms with Crippen molar-refractivity contribution in [2.45, 2.75) is 44.9 Å². The Balaban J connectivity index is 1.48. The van der Waals surface area contributed by atoms with Crippen LogP contribution in [0.25, 0.3) is 0 Å². The van der Waals surface area contributed by atoms with Crippen molar-refractivity contribution in [2.75, 3.05) is 31.9 Å². The van der Waals surface area contributed by atoms with Gasteiger partial charge in [0.05, 0.1) is 5.92 Å². The summed E-state index contributed by atoms with van der Waals surface area (Å²) in [5.41, 5.74) is 3.10. The molecule has 1 unspecified atom stereocenters. The van der Waals surface area contributed by atoms with E-state index in [1.54, 1.807) is 12.1 Å². The van der Waals surface area contributed by atoms with Crippen LogP contribution >= 0.6 is 0 Å². The van der Waals surface area contributed by atoms with Crippen molar-refractivity contribution in [2.24, 2.45) is 0 Å². The number of nitrogens with one attached hydrogen (secondary N) is 1. The number of ether oxygens (including phenoxy) is 1. The van der Waals surface area contributed by atoms with E-state index >= 15 is 0 Å². The minimum Gasteiger partial charge on any atom is -0.426 e. The molecule has 0 radical (unpaired) electrons. The number of rotatable bonds is 8. The minimum atomic E-state index is -4.08. The number of aryl methyl sites for hydroxylation is 1. The van der Waals surface area contributed by atoms with Gasteiger partial charge in [0.2, 0.25) is 0 Å². The fraction of sp³-hybridized carbons (Fsp3) is 0.462. The number of carbonyl (C=O) groups excluding carboxylic acids is 2. The molecule has 9 heteroatoms. The molecule has 1 fully saturated rings. The van der Waals surface area contributed by atoms with Gasteiger partial charge in [-0.2, -0.15) is 17.8 Å². The molecule has 188 valence electrons. The van der Waals surface area contributed by atoms with Gasteiger partial charge < -0.3 is 10.1 Å². The quantitative estimate of drug-likeness (QED) is 0.335. The van der Waals surface area contributed by atoms with Crippen molar-refractivity contribution in [1.29, 1.82) is 0 Å². The van der Waals surface area contributed by atoms with Gasteiger partial charge in [-0.05, 0) is 60.1 Å². The first-order valence-corrected chi connectivity index (χ1v) is 13.7. The van der Waals surface area contributed by atoms with E-state index in [9.17, 15) is 18.0 Å². The SMILES string of the molecule is CC(C)c1cc(OC(=O)C2CCCc3ccccc32)ccc1C(=O)CS(=O)(=O)ON1CCNCC1. The fourth-order valence-corrected chi connectivity index (χ4v) is 5.67. The van der Waals surface area contributed by atoms with Crippen molar-refractivity contribution in [3.05, 3.63) is 64.7 Å². The number of piperazine rings is 1. The van der Waals surface area contributed by atoms with Crippen LogP contribution in [0.5, 0.6) is 5.75 Å². The molecule has 0 aromatic heterocycles. The Kier molecular flexibility index (Phi) is 8.01. The van der Waals surface area contributed by atoms with Gasteiger partial charge >= 0.3 is 5.97 Å². The molecule has 0 bridgehead atoms. The van der Waals surface area contributed by atoms with Crippen molar-refractivity contribution < 1.29 is 27.0 Å². The highest BCUT2D eigenvalue weighted by Crippen LogP contribution is 2.33. The standard InChI is InChI=1S/C26H32N2O6S/c1-18(2)24-16-20(33-26(30)23-9-5-7-19-6-3-4-8-21(19)23)10-11-22(24)25(29)17-35(31,32)34-28-14-12-27-13-15-28/h3-4,6,8,10-11,16,18,23,27H,5,7,9,12-15,17H2,1-2H3. The fourth-order valence-electron chi connectivity index (χ4n) is 4.67. The zero-order chi connectivity index (χ0) is 25.0. The molecule has 1 saturated heterocycles. The number of benzene rings is 2. The average Bonchev–Trinajstić information content (AvgIpc) is 2.83. The van der Waals surface area contributed by atoms with E-state index in [1.165, 1.54) is 16.7 Å². The van der Waals surface area contributed by atoms with E-state index in [0.717, 1.165) is 24.8 Å². The maximum absolute atomic E-state index is 13.0. The van der Waals surface area contributed by atoms with E-state index in [1.807, 2.05) is 38.1 Å². The number of hydroxylamine groups is 2. The molecule has 1 heterocycles. The summed E-state index contributed by atoms with van der Waals surface area (Å²) >= 11 is 0. The van der Waals surface area contributed by atoms with Crippen molar-refractivity contribution in [1.82, 2.24) is 10.4 Å². The summed E-state index contributed by atoms with van der Waals surface area (Å²) in [5, 5.41) is 4.47. The number of ketones is 1. The summed E-state index contributed by atoms with van der Waals surface area (Å²) in [4.78, 5) is 26.0. The van der Waals surface area contributed by atoms with E-state index in [4.69, 9.17) is 9.02 Å². The average molecular weight is 501 g/mol. The zero-order valence-corrected chi connectivity index (χ0v) is 21.0. The highest BCUT2D eigenvalue weighted by Gasteiger charge is 2.29. The molecule has 1 aliphatic heterocycles. The maximum atomic E-state index is 13.0. The summed E-state index contributed by atoms with van der Waals surface area (Å²) in [6.07, 6.45) is 2.61.